The number of halogens is 1. The number of benzene rings is 1. The fourth-order valence-electron chi connectivity index (χ4n) is 4.51. The molecule has 0 N–H and O–H groups in total. The van der Waals surface area contributed by atoms with Crippen LogP contribution in [0, 0.1) is 0 Å². The Morgan fingerprint density at radius 2 is 1.86 bits per heavy atom. The largest absolute Gasteiger partial charge is 0.443 e. The second kappa shape index (κ2) is 10.3. The van der Waals surface area contributed by atoms with Crippen molar-refractivity contribution < 1.29 is 14.3 Å². The first-order valence-electron chi connectivity index (χ1n) is 12.2. The number of nitrogens with zero attached hydrogens (tertiary/aromatic N) is 4. The fraction of sp³-hybridized carbons (Fsp3) is 0.321. The lowest BCUT2D eigenvalue weighted by Gasteiger charge is -2.34. The number of fused-ring (bicyclic) bond motifs is 1. The Bertz CT molecular complexity index is 1440. The number of carbonyl (C=O) groups excluding carboxylic acids is 2. The van der Waals surface area contributed by atoms with Gasteiger partial charge in [-0.15, -0.1) is 11.3 Å². The van der Waals surface area contributed by atoms with Gasteiger partial charge in [-0.25, -0.2) is 9.36 Å². The van der Waals surface area contributed by atoms with Gasteiger partial charge in [0.1, 0.15) is 5.60 Å². The average molecular weight is 537 g/mol. The highest BCUT2D eigenvalue weighted by Crippen LogP contribution is 2.31. The normalized spacial score (nSPS) is 14.9. The second-order valence-electron chi connectivity index (χ2n) is 10.2. The van der Waals surface area contributed by atoms with Crippen LogP contribution in [0.15, 0.2) is 60.9 Å². The summed E-state index contributed by atoms with van der Waals surface area (Å²) in [6.07, 6.45) is 2.92. The van der Waals surface area contributed by atoms with Crippen LogP contribution in [-0.4, -0.2) is 56.6 Å². The molecule has 1 aromatic carbocycles. The van der Waals surface area contributed by atoms with Gasteiger partial charge in [0.2, 0.25) is 5.91 Å². The van der Waals surface area contributed by atoms with Crippen LogP contribution in [0.3, 0.4) is 0 Å². The molecule has 192 valence electrons. The number of ether oxygens (including phenoxy) is 1. The number of hydrogen-bond acceptors (Lipinski definition) is 6. The quantitative estimate of drug-likeness (QED) is 0.311. The second-order valence-corrected chi connectivity index (χ2v) is 11.9. The molecule has 0 atom stereocenters. The molecule has 7 nitrogen and oxygen atoms in total. The third-order valence-corrected chi connectivity index (χ3v) is 7.50. The lowest BCUT2D eigenvalue weighted by Crippen LogP contribution is -2.49. The summed E-state index contributed by atoms with van der Waals surface area (Å²) in [4.78, 5) is 35.4. The van der Waals surface area contributed by atoms with Gasteiger partial charge in [-0.3, -0.25) is 14.7 Å². The van der Waals surface area contributed by atoms with E-state index in [0.717, 1.165) is 37.8 Å². The Hall–Kier alpha value is -3.20. The summed E-state index contributed by atoms with van der Waals surface area (Å²) < 4.78 is 7.99. The molecule has 0 saturated carbocycles. The Balaban J connectivity index is 1.26. The monoisotopic (exact) mass is 536 g/mol. The van der Waals surface area contributed by atoms with E-state index in [1.54, 1.807) is 34.4 Å². The Labute approximate surface area is 225 Å². The number of hydrogen-bond donors (Lipinski definition) is 0. The fourth-order valence-corrected chi connectivity index (χ4v) is 5.56. The minimum Gasteiger partial charge on any atom is -0.443 e. The minimum absolute atomic E-state index is 0.0372. The predicted molar refractivity (Wildman–Crippen MR) is 147 cm³/mol. The van der Waals surface area contributed by atoms with Crippen molar-refractivity contribution in [2.75, 3.05) is 19.6 Å². The van der Waals surface area contributed by atoms with Gasteiger partial charge in [0.15, 0.2) is 0 Å². The van der Waals surface area contributed by atoms with Crippen LogP contribution in [0.25, 0.3) is 21.3 Å². The molecule has 1 fully saturated rings. The summed E-state index contributed by atoms with van der Waals surface area (Å²) in [6, 6.07) is 16.0. The summed E-state index contributed by atoms with van der Waals surface area (Å²) >= 11 is 7.63. The van der Waals surface area contributed by atoms with E-state index in [9.17, 15) is 9.59 Å². The molecular weight excluding hydrogens is 508 g/mol. The van der Waals surface area contributed by atoms with Gasteiger partial charge in [-0.05, 0) is 56.2 Å². The first-order valence-corrected chi connectivity index (χ1v) is 13.4. The zero-order valence-electron chi connectivity index (χ0n) is 21.1. The first kappa shape index (κ1) is 25.4. The van der Waals surface area contributed by atoms with Crippen molar-refractivity contribution in [3.8, 4) is 10.4 Å². The SMILES string of the molecule is CC(C)(C)OC(=O)n1c(CN2CCN(Cc3ccc(-c4ccc(Cl)s4)cc3)CC2=O)cc2cnccc21. The van der Waals surface area contributed by atoms with Crippen molar-refractivity contribution in [3.05, 3.63) is 76.5 Å². The van der Waals surface area contributed by atoms with Crippen molar-refractivity contribution in [1.82, 2.24) is 19.4 Å². The van der Waals surface area contributed by atoms with Gasteiger partial charge in [0.25, 0.3) is 0 Å². The molecule has 4 aromatic rings. The number of thiophene rings is 1. The molecule has 1 aliphatic rings. The van der Waals surface area contributed by atoms with Crippen molar-refractivity contribution in [2.45, 2.75) is 39.5 Å². The molecule has 9 heteroatoms. The van der Waals surface area contributed by atoms with Gasteiger partial charge in [-0.2, -0.15) is 0 Å². The van der Waals surface area contributed by atoms with Gasteiger partial charge in [0.05, 0.1) is 22.9 Å². The highest BCUT2D eigenvalue weighted by molar-refractivity contribution is 7.19. The van der Waals surface area contributed by atoms with Crippen LogP contribution in [0.5, 0.6) is 0 Å². The van der Waals surface area contributed by atoms with E-state index in [0.29, 0.717) is 31.9 Å². The number of aromatic nitrogens is 2. The maximum absolute atomic E-state index is 13.1. The number of carbonyl (C=O) groups is 2. The molecule has 1 saturated heterocycles. The first-order chi connectivity index (χ1) is 17.7. The number of piperazine rings is 1. The van der Waals surface area contributed by atoms with E-state index in [1.807, 2.05) is 43.9 Å². The number of rotatable bonds is 5. The van der Waals surface area contributed by atoms with Gasteiger partial charge in [-0.1, -0.05) is 35.9 Å². The third-order valence-electron chi connectivity index (χ3n) is 6.22. The summed E-state index contributed by atoms with van der Waals surface area (Å²) in [6.45, 7) is 8.22. The molecular formula is C28H29ClN4O3S. The van der Waals surface area contributed by atoms with Crippen molar-refractivity contribution in [2.24, 2.45) is 0 Å². The smallest absolute Gasteiger partial charge is 0.419 e. The molecule has 37 heavy (non-hydrogen) atoms. The van der Waals surface area contributed by atoms with Crippen LogP contribution in [0.1, 0.15) is 32.0 Å². The molecule has 3 aromatic heterocycles. The van der Waals surface area contributed by atoms with Crippen LogP contribution >= 0.6 is 22.9 Å². The van der Waals surface area contributed by atoms with Gasteiger partial charge in [0, 0.05) is 48.0 Å². The topological polar surface area (TPSA) is 67.7 Å². The maximum atomic E-state index is 13.1. The standard InChI is InChI=1S/C28H29ClN4O3S/c1-28(2,3)36-27(35)33-22(14-21-15-30-11-10-23(21)33)17-32-13-12-31(18-26(32)34)16-19-4-6-20(7-5-19)24-8-9-25(29)37-24/h4-11,14-15H,12-13,16-18H2,1-3H3. The Kier molecular flexibility index (Phi) is 7.07. The molecule has 0 spiro atoms. The van der Waals surface area contributed by atoms with E-state index in [4.69, 9.17) is 16.3 Å². The number of amides is 1. The molecule has 1 amide bonds. The van der Waals surface area contributed by atoms with Crippen LogP contribution in [-0.2, 0) is 22.6 Å². The van der Waals surface area contributed by atoms with Gasteiger partial charge < -0.3 is 9.64 Å². The highest BCUT2D eigenvalue weighted by atomic mass is 35.5. The van der Waals surface area contributed by atoms with Crippen molar-refractivity contribution in [3.63, 3.8) is 0 Å². The highest BCUT2D eigenvalue weighted by Gasteiger charge is 2.27. The lowest BCUT2D eigenvalue weighted by molar-refractivity contribution is -0.137. The molecule has 0 aliphatic carbocycles. The zero-order valence-corrected chi connectivity index (χ0v) is 22.7. The van der Waals surface area contributed by atoms with E-state index in [1.165, 1.54) is 0 Å². The third kappa shape index (κ3) is 5.87. The summed E-state index contributed by atoms with van der Waals surface area (Å²) in [7, 11) is 0. The van der Waals surface area contributed by atoms with Crippen LogP contribution in [0.4, 0.5) is 4.79 Å². The minimum atomic E-state index is -0.631. The van der Waals surface area contributed by atoms with Crippen molar-refractivity contribution >= 4 is 45.8 Å². The summed E-state index contributed by atoms with van der Waals surface area (Å²) in [5.74, 6) is 0.0372. The Morgan fingerprint density at radius 1 is 1.08 bits per heavy atom. The maximum Gasteiger partial charge on any atom is 0.419 e. The van der Waals surface area contributed by atoms with E-state index in [2.05, 4.69) is 34.1 Å². The summed E-state index contributed by atoms with van der Waals surface area (Å²) in [5.41, 5.74) is 3.10. The average Bonchev–Trinajstić information content (AvgIpc) is 3.43. The molecule has 5 rings (SSSR count). The predicted octanol–water partition coefficient (Wildman–Crippen LogP) is 6.05. The van der Waals surface area contributed by atoms with Crippen molar-refractivity contribution in [1.29, 1.82) is 0 Å². The summed E-state index contributed by atoms with van der Waals surface area (Å²) in [5, 5.41) is 0.836. The van der Waals surface area contributed by atoms with E-state index < -0.39 is 11.7 Å². The molecule has 0 radical (unpaired) electrons. The Morgan fingerprint density at radius 3 is 2.54 bits per heavy atom. The van der Waals surface area contributed by atoms with E-state index in [-0.39, 0.29) is 5.91 Å². The molecule has 0 unspecified atom stereocenters. The van der Waals surface area contributed by atoms with E-state index >= 15 is 0 Å². The number of pyridine rings is 1. The van der Waals surface area contributed by atoms with Gasteiger partial charge >= 0.3 is 6.09 Å². The molecule has 1 aliphatic heterocycles. The van der Waals surface area contributed by atoms with Crippen LogP contribution < -0.4 is 0 Å². The molecule has 0 bridgehead atoms. The lowest BCUT2D eigenvalue weighted by atomic mass is 10.1. The zero-order chi connectivity index (χ0) is 26.2. The van der Waals surface area contributed by atoms with Crippen LogP contribution in [0.2, 0.25) is 4.34 Å². The molecule has 4 heterocycles.